The Morgan fingerprint density at radius 3 is 2.85 bits per heavy atom. The van der Waals surface area contributed by atoms with Gasteiger partial charge in [0.25, 0.3) is 0 Å². The summed E-state index contributed by atoms with van der Waals surface area (Å²) < 4.78 is 3.58. The van der Waals surface area contributed by atoms with Gasteiger partial charge >= 0.3 is 0 Å². The van der Waals surface area contributed by atoms with Crippen LogP contribution in [0.4, 0.5) is 5.82 Å². The molecule has 0 fully saturated rings. The average Bonchev–Trinajstić information content (AvgIpc) is 2.64. The van der Waals surface area contributed by atoms with E-state index in [4.69, 9.17) is 5.73 Å². The van der Waals surface area contributed by atoms with Crippen molar-refractivity contribution < 1.29 is 0 Å². The second-order valence-corrected chi connectivity index (χ2v) is 2.77. The average molecular weight is 178 g/mol. The van der Waals surface area contributed by atoms with E-state index in [-0.39, 0.29) is 0 Å². The molecule has 2 heterocycles. The maximum atomic E-state index is 5.47. The number of rotatable bonds is 2. The SMILES string of the molecule is Cn1ncnc1Cn1cnc(N)c1. The predicted molar refractivity (Wildman–Crippen MR) is 46.7 cm³/mol. The molecule has 2 aromatic rings. The summed E-state index contributed by atoms with van der Waals surface area (Å²) in [5, 5.41) is 3.96. The highest BCUT2D eigenvalue weighted by Gasteiger charge is 2.01. The van der Waals surface area contributed by atoms with Crippen LogP contribution in [0, 0.1) is 0 Å². The van der Waals surface area contributed by atoms with Crippen molar-refractivity contribution in [1.29, 1.82) is 0 Å². The minimum atomic E-state index is 0.516. The molecule has 6 heteroatoms. The second kappa shape index (κ2) is 2.89. The van der Waals surface area contributed by atoms with Crippen LogP contribution in [-0.4, -0.2) is 24.3 Å². The maximum absolute atomic E-state index is 5.47. The zero-order chi connectivity index (χ0) is 9.26. The molecule has 0 aliphatic carbocycles. The van der Waals surface area contributed by atoms with Gasteiger partial charge < -0.3 is 10.3 Å². The largest absolute Gasteiger partial charge is 0.382 e. The normalized spacial score (nSPS) is 10.5. The number of nitrogens with zero attached hydrogens (tertiary/aromatic N) is 5. The van der Waals surface area contributed by atoms with Crippen LogP contribution in [-0.2, 0) is 13.6 Å². The summed E-state index contributed by atoms with van der Waals surface area (Å²) in [5.74, 6) is 1.39. The van der Waals surface area contributed by atoms with Gasteiger partial charge in [0.1, 0.15) is 18.0 Å². The van der Waals surface area contributed by atoms with Gasteiger partial charge in [-0.25, -0.2) is 9.97 Å². The summed E-state index contributed by atoms with van der Waals surface area (Å²) in [7, 11) is 1.85. The highest BCUT2D eigenvalue weighted by molar-refractivity contribution is 5.22. The number of nitrogen functional groups attached to an aromatic ring is 1. The van der Waals surface area contributed by atoms with E-state index in [1.54, 1.807) is 17.2 Å². The van der Waals surface area contributed by atoms with Crippen molar-refractivity contribution in [3.8, 4) is 0 Å². The van der Waals surface area contributed by atoms with E-state index in [1.807, 2.05) is 11.6 Å². The summed E-state index contributed by atoms with van der Waals surface area (Å²) in [6, 6.07) is 0. The molecule has 6 nitrogen and oxygen atoms in total. The van der Waals surface area contributed by atoms with Gasteiger partial charge in [-0.1, -0.05) is 0 Å². The molecule has 2 aromatic heterocycles. The lowest BCUT2D eigenvalue weighted by Crippen LogP contribution is -2.05. The number of nitrogens with two attached hydrogens (primary N) is 1. The van der Waals surface area contributed by atoms with Gasteiger partial charge in [-0.3, -0.25) is 4.68 Å². The van der Waals surface area contributed by atoms with Crippen LogP contribution in [0.15, 0.2) is 18.9 Å². The number of anilines is 1. The molecule has 0 atom stereocenters. The van der Waals surface area contributed by atoms with Crippen LogP contribution in [0.2, 0.25) is 0 Å². The van der Waals surface area contributed by atoms with Crippen molar-refractivity contribution in [2.75, 3.05) is 5.73 Å². The molecule has 2 N–H and O–H groups in total. The fourth-order valence-electron chi connectivity index (χ4n) is 1.09. The molecule has 0 spiro atoms. The Morgan fingerprint density at radius 1 is 1.46 bits per heavy atom. The van der Waals surface area contributed by atoms with Gasteiger partial charge in [0.05, 0.1) is 12.9 Å². The monoisotopic (exact) mass is 178 g/mol. The Balaban J connectivity index is 2.19. The maximum Gasteiger partial charge on any atom is 0.146 e. The molecule has 0 aliphatic heterocycles. The van der Waals surface area contributed by atoms with Crippen LogP contribution in [0.5, 0.6) is 0 Å². The van der Waals surface area contributed by atoms with Gasteiger partial charge in [0.15, 0.2) is 0 Å². The van der Waals surface area contributed by atoms with Crippen LogP contribution in [0.3, 0.4) is 0 Å². The van der Waals surface area contributed by atoms with E-state index in [0.717, 1.165) is 5.82 Å². The van der Waals surface area contributed by atoms with Gasteiger partial charge in [-0.2, -0.15) is 5.10 Å². The van der Waals surface area contributed by atoms with E-state index < -0.39 is 0 Å². The van der Waals surface area contributed by atoms with Crippen molar-refractivity contribution in [3.63, 3.8) is 0 Å². The van der Waals surface area contributed by atoms with Gasteiger partial charge in [-0.05, 0) is 0 Å². The summed E-state index contributed by atoms with van der Waals surface area (Å²) in [5.41, 5.74) is 5.47. The number of aromatic nitrogens is 5. The molecule has 68 valence electrons. The smallest absolute Gasteiger partial charge is 0.146 e. The number of hydrogen-bond donors (Lipinski definition) is 1. The molecule has 0 saturated heterocycles. The van der Waals surface area contributed by atoms with E-state index in [9.17, 15) is 0 Å². The van der Waals surface area contributed by atoms with Crippen molar-refractivity contribution >= 4 is 5.82 Å². The van der Waals surface area contributed by atoms with Crippen LogP contribution in [0.25, 0.3) is 0 Å². The van der Waals surface area contributed by atoms with Crippen LogP contribution in [0.1, 0.15) is 5.82 Å². The molecule has 0 unspecified atom stereocenters. The molecule has 0 aliphatic rings. The van der Waals surface area contributed by atoms with E-state index in [2.05, 4.69) is 15.1 Å². The molecule has 0 aromatic carbocycles. The lowest BCUT2D eigenvalue weighted by Gasteiger charge is -1.99. The lowest BCUT2D eigenvalue weighted by atomic mass is 10.6. The summed E-state index contributed by atoms with van der Waals surface area (Å²) in [6.07, 6.45) is 4.95. The fraction of sp³-hybridized carbons (Fsp3) is 0.286. The van der Waals surface area contributed by atoms with E-state index >= 15 is 0 Å². The van der Waals surface area contributed by atoms with Gasteiger partial charge in [0, 0.05) is 13.2 Å². The Kier molecular flexibility index (Phi) is 1.73. The number of hydrogen-bond acceptors (Lipinski definition) is 4. The molecule has 0 bridgehead atoms. The summed E-state index contributed by atoms with van der Waals surface area (Å²) in [6.45, 7) is 0.640. The first-order chi connectivity index (χ1) is 6.25. The molecule has 13 heavy (non-hydrogen) atoms. The van der Waals surface area contributed by atoms with Gasteiger partial charge in [-0.15, -0.1) is 0 Å². The highest BCUT2D eigenvalue weighted by atomic mass is 15.3. The first-order valence-electron chi connectivity index (χ1n) is 3.86. The number of aryl methyl sites for hydroxylation is 1. The topological polar surface area (TPSA) is 74.5 Å². The quantitative estimate of drug-likeness (QED) is 0.681. The molecular formula is C7H10N6. The van der Waals surface area contributed by atoms with Crippen LogP contribution < -0.4 is 5.73 Å². The third-order valence-electron chi connectivity index (χ3n) is 1.78. The third kappa shape index (κ3) is 1.51. The minimum Gasteiger partial charge on any atom is -0.382 e. The zero-order valence-corrected chi connectivity index (χ0v) is 7.25. The molecule has 0 amide bonds. The zero-order valence-electron chi connectivity index (χ0n) is 7.25. The van der Waals surface area contributed by atoms with Gasteiger partial charge in [0.2, 0.25) is 0 Å². The second-order valence-electron chi connectivity index (χ2n) is 2.77. The first kappa shape index (κ1) is 7.78. The van der Waals surface area contributed by atoms with Crippen molar-refractivity contribution in [2.24, 2.45) is 7.05 Å². The summed E-state index contributed by atoms with van der Waals surface area (Å²) in [4.78, 5) is 7.99. The predicted octanol–water partition coefficient (Wildman–Crippen LogP) is -0.358. The lowest BCUT2D eigenvalue weighted by molar-refractivity contribution is 0.653. The Bertz CT molecular complexity index is 401. The third-order valence-corrected chi connectivity index (χ3v) is 1.78. The molecular weight excluding hydrogens is 168 g/mol. The summed E-state index contributed by atoms with van der Waals surface area (Å²) >= 11 is 0. The highest BCUT2D eigenvalue weighted by Crippen LogP contribution is 2.00. The van der Waals surface area contributed by atoms with Crippen molar-refractivity contribution in [3.05, 3.63) is 24.7 Å². The van der Waals surface area contributed by atoms with Crippen molar-refractivity contribution in [2.45, 2.75) is 6.54 Å². The standard InChI is InChI=1S/C7H10N6/c1-12-7(9-4-11-12)3-13-2-6(8)10-5-13/h2,4-5H,3,8H2,1H3. The van der Waals surface area contributed by atoms with Crippen molar-refractivity contribution in [1.82, 2.24) is 24.3 Å². The molecule has 2 rings (SSSR count). The minimum absolute atomic E-state index is 0.516. The molecule has 0 saturated carbocycles. The molecule has 0 radical (unpaired) electrons. The Hall–Kier alpha value is -1.85. The fourth-order valence-corrected chi connectivity index (χ4v) is 1.09. The first-order valence-corrected chi connectivity index (χ1v) is 3.86. The van der Waals surface area contributed by atoms with E-state index in [1.165, 1.54) is 6.33 Å². The Morgan fingerprint density at radius 2 is 2.31 bits per heavy atom. The van der Waals surface area contributed by atoms with Crippen LogP contribution >= 0.6 is 0 Å². The number of imidazole rings is 1. The van der Waals surface area contributed by atoms with E-state index in [0.29, 0.717) is 12.4 Å². The Labute approximate surface area is 75.0 Å².